The molecule has 1 aromatic heterocycles. The lowest BCUT2D eigenvalue weighted by atomic mass is 9.96. The van der Waals surface area contributed by atoms with Crippen molar-refractivity contribution in [2.45, 2.75) is 6.04 Å². The van der Waals surface area contributed by atoms with Crippen LogP contribution in [0.15, 0.2) is 89.5 Å². The average molecular weight is 463 g/mol. The van der Waals surface area contributed by atoms with Crippen molar-refractivity contribution in [3.05, 3.63) is 101 Å². The van der Waals surface area contributed by atoms with Crippen molar-refractivity contribution in [3.63, 3.8) is 0 Å². The van der Waals surface area contributed by atoms with Gasteiger partial charge in [0.1, 0.15) is 17.0 Å². The van der Waals surface area contributed by atoms with Crippen LogP contribution in [0.4, 0.5) is 0 Å². The van der Waals surface area contributed by atoms with E-state index in [0.717, 1.165) is 15.4 Å². The number of pyridine rings is 1. The van der Waals surface area contributed by atoms with E-state index in [1.807, 2.05) is 66.7 Å². The van der Waals surface area contributed by atoms with Gasteiger partial charge in [0.25, 0.3) is 5.91 Å². The summed E-state index contributed by atoms with van der Waals surface area (Å²) in [5.74, 6) is 0.348. The van der Waals surface area contributed by atoms with E-state index in [1.165, 1.54) is 0 Å². The molecule has 1 heterocycles. The molecule has 1 unspecified atom stereocenters. The number of amides is 1. The number of nitrogens with zero attached hydrogens (tertiary/aromatic N) is 1. The molecular formula is C24H19BrN2O3. The number of aromatic nitrogens is 1. The van der Waals surface area contributed by atoms with Crippen molar-refractivity contribution >= 4 is 32.7 Å². The van der Waals surface area contributed by atoms with Gasteiger partial charge in [0, 0.05) is 21.6 Å². The molecule has 5 nitrogen and oxygen atoms in total. The Kier molecular flexibility index (Phi) is 5.95. The number of benzene rings is 3. The largest absolute Gasteiger partial charge is 0.505 e. The molecular weight excluding hydrogens is 444 g/mol. The number of carbonyl (C=O) groups excluding carboxylic acids is 1. The summed E-state index contributed by atoms with van der Waals surface area (Å²) in [5, 5.41) is 14.7. The fourth-order valence-corrected chi connectivity index (χ4v) is 3.85. The molecule has 0 aliphatic carbocycles. The van der Waals surface area contributed by atoms with Crippen LogP contribution in [0, 0.1) is 0 Å². The Labute approximate surface area is 182 Å². The normalized spacial score (nSPS) is 11.8. The highest BCUT2D eigenvalue weighted by atomic mass is 79.9. The first-order valence-corrected chi connectivity index (χ1v) is 10.2. The molecule has 4 rings (SSSR count). The number of aromatic hydroxyl groups is 1. The van der Waals surface area contributed by atoms with Crippen molar-refractivity contribution < 1.29 is 14.6 Å². The molecule has 30 heavy (non-hydrogen) atoms. The van der Waals surface area contributed by atoms with Crippen LogP contribution < -0.4 is 10.1 Å². The molecule has 2 N–H and O–H groups in total. The summed E-state index contributed by atoms with van der Waals surface area (Å²) < 4.78 is 6.35. The third kappa shape index (κ3) is 4.28. The fraction of sp³-hybridized carbons (Fsp3) is 0.0833. The van der Waals surface area contributed by atoms with E-state index in [4.69, 9.17) is 4.74 Å². The number of phenolic OH excluding ortho intramolecular Hbond substituents is 1. The minimum Gasteiger partial charge on any atom is -0.505 e. The summed E-state index contributed by atoms with van der Waals surface area (Å²) in [6.45, 7) is -0.138. The monoisotopic (exact) mass is 462 g/mol. The van der Waals surface area contributed by atoms with Gasteiger partial charge in [-0.3, -0.25) is 9.78 Å². The van der Waals surface area contributed by atoms with Gasteiger partial charge in [-0.05, 0) is 29.8 Å². The summed E-state index contributed by atoms with van der Waals surface area (Å²) in [7, 11) is 0. The van der Waals surface area contributed by atoms with Gasteiger partial charge in [0.05, 0.1) is 6.04 Å². The molecule has 0 bridgehead atoms. The highest BCUT2D eigenvalue weighted by Crippen LogP contribution is 2.38. The van der Waals surface area contributed by atoms with E-state index < -0.39 is 6.04 Å². The molecule has 0 saturated heterocycles. The highest BCUT2D eigenvalue weighted by Gasteiger charge is 2.23. The average Bonchev–Trinajstić information content (AvgIpc) is 2.80. The first-order chi connectivity index (χ1) is 14.6. The van der Waals surface area contributed by atoms with E-state index >= 15 is 0 Å². The number of hydrogen-bond acceptors (Lipinski definition) is 4. The number of carbonyl (C=O) groups is 1. The molecule has 0 fully saturated rings. The van der Waals surface area contributed by atoms with Gasteiger partial charge in [0.15, 0.2) is 6.61 Å². The quantitative estimate of drug-likeness (QED) is 0.423. The van der Waals surface area contributed by atoms with E-state index in [0.29, 0.717) is 16.8 Å². The number of rotatable bonds is 6. The fourth-order valence-electron chi connectivity index (χ4n) is 3.28. The Hall–Kier alpha value is -3.38. The summed E-state index contributed by atoms with van der Waals surface area (Å²) in [6.07, 6.45) is 1.63. The summed E-state index contributed by atoms with van der Waals surface area (Å²) in [4.78, 5) is 17.0. The van der Waals surface area contributed by atoms with Crippen LogP contribution in [-0.4, -0.2) is 22.6 Å². The minimum atomic E-state index is -0.569. The second-order valence-electron chi connectivity index (χ2n) is 6.71. The lowest BCUT2D eigenvalue weighted by molar-refractivity contribution is -0.123. The molecule has 0 aliphatic rings. The maximum Gasteiger partial charge on any atom is 0.258 e. The van der Waals surface area contributed by atoms with Crippen molar-refractivity contribution in [2.24, 2.45) is 0 Å². The van der Waals surface area contributed by atoms with Gasteiger partial charge in [-0.25, -0.2) is 0 Å². The summed E-state index contributed by atoms with van der Waals surface area (Å²) in [5.41, 5.74) is 1.85. The Morgan fingerprint density at radius 3 is 2.47 bits per heavy atom. The Bertz CT molecular complexity index is 1170. The molecule has 0 radical (unpaired) electrons. The first kappa shape index (κ1) is 19.9. The van der Waals surface area contributed by atoms with E-state index in [9.17, 15) is 9.90 Å². The Balaban J connectivity index is 1.67. The van der Waals surface area contributed by atoms with Gasteiger partial charge < -0.3 is 15.2 Å². The third-order valence-electron chi connectivity index (χ3n) is 4.71. The van der Waals surface area contributed by atoms with Crippen LogP contribution in [0.2, 0.25) is 0 Å². The maximum absolute atomic E-state index is 12.7. The van der Waals surface area contributed by atoms with E-state index in [-0.39, 0.29) is 18.3 Å². The van der Waals surface area contributed by atoms with Gasteiger partial charge in [-0.2, -0.15) is 0 Å². The van der Waals surface area contributed by atoms with Crippen molar-refractivity contribution in [1.82, 2.24) is 10.3 Å². The van der Waals surface area contributed by atoms with Gasteiger partial charge >= 0.3 is 0 Å². The second-order valence-corrected chi connectivity index (χ2v) is 7.56. The molecule has 1 amide bonds. The Morgan fingerprint density at radius 2 is 1.73 bits per heavy atom. The topological polar surface area (TPSA) is 71.5 Å². The zero-order valence-electron chi connectivity index (χ0n) is 16.0. The number of hydrogen-bond donors (Lipinski definition) is 2. The number of halogens is 1. The molecule has 4 aromatic rings. The molecule has 6 heteroatoms. The highest BCUT2D eigenvalue weighted by molar-refractivity contribution is 9.10. The lowest BCUT2D eigenvalue weighted by Gasteiger charge is -2.22. The van der Waals surface area contributed by atoms with Gasteiger partial charge in [0.2, 0.25) is 0 Å². The molecule has 1 atom stereocenters. The lowest BCUT2D eigenvalue weighted by Crippen LogP contribution is -2.33. The summed E-state index contributed by atoms with van der Waals surface area (Å²) >= 11 is 3.56. The number of nitrogens with one attached hydrogen (secondary N) is 1. The predicted octanol–water partition coefficient (Wildman–Crippen LogP) is 4.99. The molecule has 3 aromatic carbocycles. The van der Waals surface area contributed by atoms with Crippen LogP contribution in [-0.2, 0) is 4.79 Å². The molecule has 0 aliphatic heterocycles. The van der Waals surface area contributed by atoms with Gasteiger partial charge in [-0.15, -0.1) is 0 Å². The van der Waals surface area contributed by atoms with Crippen molar-refractivity contribution in [3.8, 4) is 11.5 Å². The smallest absolute Gasteiger partial charge is 0.258 e. The minimum absolute atomic E-state index is 0.0342. The number of para-hydroxylation sites is 1. The van der Waals surface area contributed by atoms with E-state index in [2.05, 4.69) is 26.2 Å². The Morgan fingerprint density at radius 1 is 1.03 bits per heavy atom. The number of phenols is 1. The van der Waals surface area contributed by atoms with Crippen molar-refractivity contribution in [2.75, 3.05) is 6.61 Å². The SMILES string of the molecule is O=C(COc1ccccc1)NC(c1ccccc1)c1cc(Br)c2cccnc2c1O. The molecule has 0 saturated carbocycles. The summed E-state index contributed by atoms with van der Waals surface area (Å²) in [6, 6.07) is 23.6. The second kappa shape index (κ2) is 8.97. The van der Waals surface area contributed by atoms with Crippen LogP contribution in [0.3, 0.4) is 0 Å². The maximum atomic E-state index is 12.7. The van der Waals surface area contributed by atoms with Crippen molar-refractivity contribution in [1.29, 1.82) is 0 Å². The van der Waals surface area contributed by atoms with Gasteiger partial charge in [-0.1, -0.05) is 70.5 Å². The van der Waals surface area contributed by atoms with Crippen LogP contribution >= 0.6 is 15.9 Å². The van der Waals surface area contributed by atoms with E-state index in [1.54, 1.807) is 18.3 Å². The zero-order valence-corrected chi connectivity index (χ0v) is 17.5. The zero-order chi connectivity index (χ0) is 20.9. The number of ether oxygens (including phenoxy) is 1. The molecule has 0 spiro atoms. The van der Waals surface area contributed by atoms with Crippen LogP contribution in [0.5, 0.6) is 11.5 Å². The predicted molar refractivity (Wildman–Crippen MR) is 119 cm³/mol. The number of fused-ring (bicyclic) bond motifs is 1. The third-order valence-corrected chi connectivity index (χ3v) is 5.36. The van der Waals surface area contributed by atoms with Crippen LogP contribution in [0.1, 0.15) is 17.2 Å². The first-order valence-electron chi connectivity index (χ1n) is 9.41. The standard InChI is InChI=1S/C24H19BrN2O3/c25-20-14-19(24(29)23-18(20)12-7-13-26-23)22(16-8-3-1-4-9-16)27-21(28)15-30-17-10-5-2-6-11-17/h1-14,22,29H,15H2,(H,27,28). The van der Waals surface area contributed by atoms with Crippen LogP contribution in [0.25, 0.3) is 10.9 Å². The molecule has 150 valence electrons.